The SMILES string of the molecule is O=C1Nc2ccccc2S(=O)(=O)/C1=C(/O)Nc1ccc(Cl)cc1Cl. The van der Waals surface area contributed by atoms with E-state index in [1.54, 1.807) is 6.07 Å². The third kappa shape index (κ3) is 2.82. The Hall–Kier alpha value is -2.22. The first kappa shape index (κ1) is 16.6. The number of hydrogen-bond donors (Lipinski definition) is 3. The van der Waals surface area contributed by atoms with Crippen LogP contribution in [-0.2, 0) is 14.6 Å². The van der Waals surface area contributed by atoms with E-state index in [1.165, 1.54) is 36.4 Å². The molecule has 24 heavy (non-hydrogen) atoms. The zero-order valence-corrected chi connectivity index (χ0v) is 14.2. The molecule has 3 rings (SSSR count). The van der Waals surface area contributed by atoms with Crippen molar-refractivity contribution in [2.75, 3.05) is 10.6 Å². The van der Waals surface area contributed by atoms with Crippen LogP contribution in [-0.4, -0.2) is 19.4 Å². The summed E-state index contributed by atoms with van der Waals surface area (Å²) in [5.74, 6) is -1.77. The van der Waals surface area contributed by atoms with Crippen molar-refractivity contribution in [1.82, 2.24) is 0 Å². The lowest BCUT2D eigenvalue weighted by Gasteiger charge is -2.20. The van der Waals surface area contributed by atoms with Gasteiger partial charge in [-0.15, -0.1) is 0 Å². The highest BCUT2D eigenvalue weighted by atomic mass is 35.5. The fourth-order valence-electron chi connectivity index (χ4n) is 2.23. The molecule has 0 saturated carbocycles. The molecule has 3 N–H and O–H groups in total. The summed E-state index contributed by atoms with van der Waals surface area (Å²) < 4.78 is 25.2. The van der Waals surface area contributed by atoms with Gasteiger partial charge in [-0.1, -0.05) is 35.3 Å². The number of rotatable bonds is 2. The average molecular weight is 385 g/mol. The van der Waals surface area contributed by atoms with Gasteiger partial charge in [-0.05, 0) is 30.3 Å². The topological polar surface area (TPSA) is 95.5 Å². The van der Waals surface area contributed by atoms with Crippen LogP contribution in [0.25, 0.3) is 0 Å². The molecule has 0 unspecified atom stereocenters. The molecule has 0 atom stereocenters. The van der Waals surface area contributed by atoms with Crippen molar-refractivity contribution in [1.29, 1.82) is 0 Å². The van der Waals surface area contributed by atoms with E-state index in [0.29, 0.717) is 5.02 Å². The summed E-state index contributed by atoms with van der Waals surface area (Å²) in [4.78, 5) is 11.3. The van der Waals surface area contributed by atoms with E-state index in [9.17, 15) is 18.3 Å². The quantitative estimate of drug-likeness (QED) is 0.543. The van der Waals surface area contributed by atoms with E-state index in [2.05, 4.69) is 10.6 Å². The minimum atomic E-state index is -4.19. The zero-order chi connectivity index (χ0) is 17.5. The number of carbonyl (C=O) groups is 1. The summed E-state index contributed by atoms with van der Waals surface area (Å²) in [6.45, 7) is 0. The number of halogens is 2. The van der Waals surface area contributed by atoms with Gasteiger partial charge in [0.05, 0.1) is 21.3 Å². The molecule has 1 aliphatic rings. The predicted octanol–water partition coefficient (Wildman–Crippen LogP) is 3.56. The monoisotopic (exact) mass is 384 g/mol. The first-order valence-electron chi connectivity index (χ1n) is 6.61. The summed E-state index contributed by atoms with van der Waals surface area (Å²) in [5.41, 5.74) is 0.358. The minimum absolute atomic E-state index is 0.102. The van der Waals surface area contributed by atoms with Crippen molar-refractivity contribution >= 4 is 50.3 Å². The molecule has 0 saturated heterocycles. The molecule has 1 heterocycles. The van der Waals surface area contributed by atoms with Crippen LogP contribution < -0.4 is 10.6 Å². The Morgan fingerprint density at radius 3 is 2.54 bits per heavy atom. The molecule has 6 nitrogen and oxygen atoms in total. The Labute approximate surface area is 147 Å². The Morgan fingerprint density at radius 2 is 1.83 bits per heavy atom. The summed E-state index contributed by atoms with van der Waals surface area (Å²) in [7, 11) is -4.19. The minimum Gasteiger partial charge on any atom is -0.493 e. The molecule has 0 bridgehead atoms. The average Bonchev–Trinajstić information content (AvgIpc) is 2.49. The molecule has 2 aromatic rings. The Morgan fingerprint density at radius 1 is 1.12 bits per heavy atom. The van der Waals surface area contributed by atoms with Crippen LogP contribution in [0.5, 0.6) is 0 Å². The summed E-state index contributed by atoms with van der Waals surface area (Å²) >= 11 is 11.8. The van der Waals surface area contributed by atoms with Gasteiger partial charge in [0.1, 0.15) is 0 Å². The lowest BCUT2D eigenvalue weighted by Crippen LogP contribution is -2.30. The van der Waals surface area contributed by atoms with Crippen molar-refractivity contribution in [2.45, 2.75) is 4.90 Å². The fourth-order valence-corrected chi connectivity index (χ4v) is 4.17. The maximum atomic E-state index is 12.6. The summed E-state index contributed by atoms with van der Waals surface area (Å²) in [5, 5.41) is 15.6. The van der Waals surface area contributed by atoms with Gasteiger partial charge in [0.15, 0.2) is 4.91 Å². The number of sulfone groups is 1. The smallest absolute Gasteiger partial charge is 0.273 e. The fraction of sp³-hybridized carbons (Fsp3) is 0. The number of carbonyl (C=O) groups excluding carboxylic acids is 1. The number of para-hydroxylation sites is 1. The number of fused-ring (bicyclic) bond motifs is 1. The molecule has 1 aliphatic heterocycles. The molecular weight excluding hydrogens is 375 g/mol. The van der Waals surface area contributed by atoms with Gasteiger partial charge in [0.25, 0.3) is 5.91 Å². The predicted molar refractivity (Wildman–Crippen MR) is 92.0 cm³/mol. The zero-order valence-electron chi connectivity index (χ0n) is 11.9. The second-order valence-electron chi connectivity index (χ2n) is 4.88. The number of hydrogen-bond acceptors (Lipinski definition) is 5. The number of aliphatic hydroxyl groups is 1. The first-order chi connectivity index (χ1) is 11.3. The van der Waals surface area contributed by atoms with E-state index in [-0.39, 0.29) is 21.3 Å². The molecular formula is C15H10Cl2N2O4S. The van der Waals surface area contributed by atoms with Gasteiger partial charge >= 0.3 is 0 Å². The molecule has 0 radical (unpaired) electrons. The highest BCUT2D eigenvalue weighted by Crippen LogP contribution is 2.34. The second-order valence-corrected chi connectivity index (χ2v) is 7.58. The lowest BCUT2D eigenvalue weighted by atomic mass is 10.3. The standard InChI is InChI=1S/C15H10Cl2N2O4S/c16-8-5-6-10(9(17)7-8)18-14(20)13-15(21)19-11-3-1-2-4-12(11)24(13,22)23/h1-7,18,20H,(H,19,21)/b14-13+. The van der Waals surface area contributed by atoms with Crippen molar-refractivity contribution in [3.05, 3.63) is 63.3 Å². The Balaban J connectivity index is 2.10. The third-order valence-corrected chi connectivity index (χ3v) is 5.70. The van der Waals surface area contributed by atoms with E-state index >= 15 is 0 Å². The molecule has 1 amide bonds. The van der Waals surface area contributed by atoms with E-state index < -0.39 is 26.5 Å². The van der Waals surface area contributed by atoms with Crippen LogP contribution in [0, 0.1) is 0 Å². The lowest BCUT2D eigenvalue weighted by molar-refractivity contribution is -0.112. The van der Waals surface area contributed by atoms with Crippen LogP contribution in [0.3, 0.4) is 0 Å². The normalized spacial score (nSPS) is 17.7. The number of anilines is 2. The van der Waals surface area contributed by atoms with Gasteiger partial charge in [0, 0.05) is 5.02 Å². The third-order valence-electron chi connectivity index (χ3n) is 3.30. The van der Waals surface area contributed by atoms with E-state index in [0.717, 1.165) is 0 Å². The molecule has 0 aliphatic carbocycles. The van der Waals surface area contributed by atoms with Gasteiger partial charge in [-0.25, -0.2) is 8.42 Å². The van der Waals surface area contributed by atoms with Crippen LogP contribution in [0.1, 0.15) is 0 Å². The molecule has 9 heteroatoms. The van der Waals surface area contributed by atoms with Crippen LogP contribution in [0.4, 0.5) is 11.4 Å². The number of benzene rings is 2. The van der Waals surface area contributed by atoms with Crippen LogP contribution in [0.15, 0.2) is 58.1 Å². The number of nitrogens with one attached hydrogen (secondary N) is 2. The Kier molecular flexibility index (Phi) is 4.16. The van der Waals surface area contributed by atoms with Gasteiger partial charge in [-0.3, -0.25) is 4.79 Å². The van der Waals surface area contributed by atoms with Crippen LogP contribution >= 0.6 is 23.2 Å². The summed E-state index contributed by atoms with van der Waals surface area (Å²) in [6.07, 6.45) is 0. The first-order valence-corrected chi connectivity index (χ1v) is 8.85. The molecule has 2 aromatic carbocycles. The van der Waals surface area contributed by atoms with Crippen molar-refractivity contribution in [3.8, 4) is 0 Å². The number of amides is 1. The van der Waals surface area contributed by atoms with Gasteiger partial charge in [0.2, 0.25) is 15.7 Å². The largest absolute Gasteiger partial charge is 0.493 e. The maximum Gasteiger partial charge on any atom is 0.273 e. The molecule has 0 spiro atoms. The van der Waals surface area contributed by atoms with Gasteiger partial charge in [-0.2, -0.15) is 0 Å². The van der Waals surface area contributed by atoms with Crippen molar-refractivity contribution < 1.29 is 18.3 Å². The van der Waals surface area contributed by atoms with E-state index in [1.807, 2.05) is 0 Å². The van der Waals surface area contributed by atoms with Gasteiger partial charge < -0.3 is 15.7 Å². The molecule has 0 fully saturated rings. The van der Waals surface area contributed by atoms with Crippen LogP contribution in [0.2, 0.25) is 10.0 Å². The van der Waals surface area contributed by atoms with Crippen molar-refractivity contribution in [3.63, 3.8) is 0 Å². The maximum absolute atomic E-state index is 12.6. The Bertz CT molecular complexity index is 987. The highest BCUT2D eigenvalue weighted by molar-refractivity contribution is 7.96. The molecule has 0 aromatic heterocycles. The molecule has 124 valence electrons. The highest BCUT2D eigenvalue weighted by Gasteiger charge is 2.38. The summed E-state index contributed by atoms with van der Waals surface area (Å²) in [6, 6.07) is 10.3. The van der Waals surface area contributed by atoms with Crippen molar-refractivity contribution in [2.24, 2.45) is 0 Å². The number of aliphatic hydroxyl groups excluding tert-OH is 1. The van der Waals surface area contributed by atoms with E-state index in [4.69, 9.17) is 23.2 Å². The second kappa shape index (κ2) is 6.01.